The number of nitro benzene ring substituents is 1. The predicted molar refractivity (Wildman–Crippen MR) is 114 cm³/mol. The van der Waals surface area contributed by atoms with E-state index in [1.54, 1.807) is 32.4 Å². The number of rotatable bonds is 8. The lowest BCUT2D eigenvalue weighted by atomic mass is 9.95. The molecule has 2 aromatic carbocycles. The minimum atomic E-state index is -0.423. The fourth-order valence-electron chi connectivity index (χ4n) is 4.10. The molecular weight excluding hydrogens is 384 g/mol. The Hall–Kier alpha value is -3.09. The van der Waals surface area contributed by atoms with Gasteiger partial charge in [-0.2, -0.15) is 0 Å². The number of hydrogen-bond donors (Lipinski definition) is 0. The standard InChI is InChI=1S/C23H28N2O5/c1-29-21-13-11-17(15-22(21)30-2)10-12-19-8-5-6-14-24(19)23(26)16-18-7-3-4-9-20(18)25(27)28/h3-4,7,9,11,13,15,19H,5-6,8,10,12,14,16H2,1-2H3. The average molecular weight is 412 g/mol. The largest absolute Gasteiger partial charge is 0.493 e. The highest BCUT2D eigenvalue weighted by molar-refractivity contribution is 5.80. The van der Waals surface area contributed by atoms with Crippen molar-refractivity contribution in [3.8, 4) is 11.5 Å². The molecule has 7 heteroatoms. The average Bonchev–Trinajstić information content (AvgIpc) is 2.77. The number of ether oxygens (including phenoxy) is 2. The van der Waals surface area contributed by atoms with Crippen LogP contribution in [0, 0.1) is 10.1 Å². The molecule has 160 valence electrons. The van der Waals surface area contributed by atoms with Gasteiger partial charge in [-0.05, 0) is 49.8 Å². The molecule has 1 amide bonds. The van der Waals surface area contributed by atoms with Gasteiger partial charge in [-0.3, -0.25) is 14.9 Å². The topological polar surface area (TPSA) is 81.9 Å². The van der Waals surface area contributed by atoms with E-state index in [0.717, 1.165) is 37.7 Å². The Bertz CT molecular complexity index is 899. The van der Waals surface area contributed by atoms with Gasteiger partial charge in [0.05, 0.1) is 25.6 Å². The number of aryl methyl sites for hydroxylation is 1. The number of nitrogens with zero attached hydrogens (tertiary/aromatic N) is 2. The summed E-state index contributed by atoms with van der Waals surface area (Å²) in [5, 5.41) is 11.3. The van der Waals surface area contributed by atoms with Gasteiger partial charge in [-0.15, -0.1) is 0 Å². The summed E-state index contributed by atoms with van der Waals surface area (Å²) < 4.78 is 10.7. The fraction of sp³-hybridized carbons (Fsp3) is 0.435. The molecule has 0 spiro atoms. The Balaban J connectivity index is 1.68. The maximum Gasteiger partial charge on any atom is 0.273 e. The molecule has 0 aromatic heterocycles. The minimum absolute atomic E-state index is 0.00439. The zero-order valence-corrected chi connectivity index (χ0v) is 17.5. The summed E-state index contributed by atoms with van der Waals surface area (Å²) in [5.41, 5.74) is 1.60. The maximum atomic E-state index is 13.0. The summed E-state index contributed by atoms with van der Waals surface area (Å²) in [4.78, 5) is 25.8. The van der Waals surface area contributed by atoms with Gasteiger partial charge in [-0.1, -0.05) is 24.3 Å². The van der Waals surface area contributed by atoms with Crippen LogP contribution >= 0.6 is 0 Å². The smallest absolute Gasteiger partial charge is 0.273 e. The molecule has 1 heterocycles. The molecule has 1 atom stereocenters. The van der Waals surface area contributed by atoms with Gasteiger partial charge in [0, 0.05) is 24.2 Å². The van der Waals surface area contributed by atoms with Gasteiger partial charge >= 0.3 is 0 Å². The van der Waals surface area contributed by atoms with Crippen LogP contribution in [0.25, 0.3) is 0 Å². The third-order valence-corrected chi connectivity index (χ3v) is 5.69. The van der Waals surface area contributed by atoms with Gasteiger partial charge in [-0.25, -0.2) is 0 Å². The Kier molecular flexibility index (Phi) is 7.27. The van der Waals surface area contributed by atoms with E-state index in [1.165, 1.54) is 6.07 Å². The summed E-state index contributed by atoms with van der Waals surface area (Å²) in [5.74, 6) is 1.35. The molecule has 1 saturated heterocycles. The zero-order valence-electron chi connectivity index (χ0n) is 17.5. The van der Waals surface area contributed by atoms with Crippen LogP contribution in [0.3, 0.4) is 0 Å². The van der Waals surface area contributed by atoms with Crippen LogP contribution < -0.4 is 9.47 Å². The molecule has 3 rings (SSSR count). The number of carbonyl (C=O) groups is 1. The number of amides is 1. The van der Waals surface area contributed by atoms with Gasteiger partial charge in [0.15, 0.2) is 11.5 Å². The molecule has 7 nitrogen and oxygen atoms in total. The van der Waals surface area contributed by atoms with E-state index in [0.29, 0.717) is 23.6 Å². The number of para-hydroxylation sites is 1. The van der Waals surface area contributed by atoms with Crippen molar-refractivity contribution in [3.05, 3.63) is 63.7 Å². The fourth-order valence-corrected chi connectivity index (χ4v) is 4.10. The lowest BCUT2D eigenvalue weighted by Gasteiger charge is -2.36. The molecule has 1 aliphatic rings. The second-order valence-corrected chi connectivity index (χ2v) is 7.53. The van der Waals surface area contributed by atoms with Crippen molar-refractivity contribution in [3.63, 3.8) is 0 Å². The lowest BCUT2D eigenvalue weighted by molar-refractivity contribution is -0.385. The highest BCUT2D eigenvalue weighted by Gasteiger charge is 2.28. The Morgan fingerprint density at radius 2 is 1.90 bits per heavy atom. The second kappa shape index (κ2) is 10.1. The quantitative estimate of drug-likeness (QED) is 0.480. The van der Waals surface area contributed by atoms with Crippen LogP contribution in [-0.2, 0) is 17.6 Å². The number of benzene rings is 2. The molecule has 0 radical (unpaired) electrons. The summed E-state index contributed by atoms with van der Waals surface area (Å²) in [6.07, 6.45) is 4.74. The van der Waals surface area contributed by atoms with Crippen LogP contribution in [0.5, 0.6) is 11.5 Å². The summed E-state index contributed by atoms with van der Waals surface area (Å²) in [6.45, 7) is 0.704. The number of nitro groups is 1. The van der Waals surface area contributed by atoms with Crippen molar-refractivity contribution >= 4 is 11.6 Å². The first-order valence-corrected chi connectivity index (χ1v) is 10.3. The van der Waals surface area contributed by atoms with E-state index in [9.17, 15) is 14.9 Å². The molecule has 1 aliphatic heterocycles. The third kappa shape index (κ3) is 5.09. The number of carbonyl (C=O) groups excluding carboxylic acids is 1. The molecule has 1 fully saturated rings. The van der Waals surface area contributed by atoms with E-state index in [-0.39, 0.29) is 24.1 Å². The van der Waals surface area contributed by atoms with Gasteiger partial charge in [0.2, 0.25) is 5.91 Å². The number of likely N-dealkylation sites (tertiary alicyclic amines) is 1. The SMILES string of the molecule is COc1ccc(CCC2CCCCN2C(=O)Cc2ccccc2[N+](=O)[O-])cc1OC. The van der Waals surface area contributed by atoms with Crippen molar-refractivity contribution < 1.29 is 19.2 Å². The molecule has 30 heavy (non-hydrogen) atoms. The normalized spacial score (nSPS) is 16.2. The van der Waals surface area contributed by atoms with E-state index >= 15 is 0 Å². The van der Waals surface area contributed by atoms with Crippen molar-refractivity contribution in [1.29, 1.82) is 0 Å². The number of hydrogen-bond acceptors (Lipinski definition) is 5. The Morgan fingerprint density at radius 1 is 1.13 bits per heavy atom. The minimum Gasteiger partial charge on any atom is -0.493 e. The molecule has 0 N–H and O–H groups in total. The number of methoxy groups -OCH3 is 2. The van der Waals surface area contributed by atoms with Crippen LogP contribution in [0.1, 0.15) is 36.8 Å². The first-order chi connectivity index (χ1) is 14.5. The summed E-state index contributed by atoms with van der Waals surface area (Å²) in [7, 11) is 3.23. The van der Waals surface area contributed by atoms with E-state index < -0.39 is 4.92 Å². The molecule has 0 saturated carbocycles. The monoisotopic (exact) mass is 412 g/mol. The van der Waals surface area contributed by atoms with E-state index in [2.05, 4.69) is 0 Å². The predicted octanol–water partition coefficient (Wildman–Crippen LogP) is 4.17. The van der Waals surface area contributed by atoms with Crippen molar-refractivity contribution in [2.75, 3.05) is 20.8 Å². The molecule has 0 aliphatic carbocycles. The maximum absolute atomic E-state index is 13.0. The van der Waals surface area contributed by atoms with Crippen molar-refractivity contribution in [2.24, 2.45) is 0 Å². The lowest BCUT2D eigenvalue weighted by Crippen LogP contribution is -2.44. The zero-order chi connectivity index (χ0) is 21.5. The first-order valence-electron chi connectivity index (χ1n) is 10.3. The van der Waals surface area contributed by atoms with Crippen LogP contribution in [0.4, 0.5) is 5.69 Å². The summed E-state index contributed by atoms with van der Waals surface area (Å²) >= 11 is 0. The van der Waals surface area contributed by atoms with Gasteiger partial charge in [0.25, 0.3) is 5.69 Å². The Morgan fingerprint density at radius 3 is 2.63 bits per heavy atom. The van der Waals surface area contributed by atoms with Crippen LogP contribution in [0.2, 0.25) is 0 Å². The molecular formula is C23H28N2O5. The first kappa shape index (κ1) is 21.6. The summed E-state index contributed by atoms with van der Waals surface area (Å²) in [6, 6.07) is 12.5. The van der Waals surface area contributed by atoms with Crippen molar-refractivity contribution in [2.45, 2.75) is 44.6 Å². The second-order valence-electron chi connectivity index (χ2n) is 7.53. The third-order valence-electron chi connectivity index (χ3n) is 5.69. The van der Waals surface area contributed by atoms with E-state index in [4.69, 9.17) is 9.47 Å². The van der Waals surface area contributed by atoms with Crippen LogP contribution in [-0.4, -0.2) is 42.5 Å². The molecule has 1 unspecified atom stereocenters. The molecule has 2 aromatic rings. The molecule has 0 bridgehead atoms. The Labute approximate surface area is 176 Å². The number of piperidine rings is 1. The highest BCUT2D eigenvalue weighted by Crippen LogP contribution is 2.29. The van der Waals surface area contributed by atoms with E-state index in [1.807, 2.05) is 23.1 Å². The van der Waals surface area contributed by atoms with Gasteiger partial charge < -0.3 is 14.4 Å². The van der Waals surface area contributed by atoms with Gasteiger partial charge in [0.1, 0.15) is 0 Å². The van der Waals surface area contributed by atoms with Crippen LogP contribution in [0.15, 0.2) is 42.5 Å². The van der Waals surface area contributed by atoms with Crippen molar-refractivity contribution in [1.82, 2.24) is 4.90 Å². The highest BCUT2D eigenvalue weighted by atomic mass is 16.6.